The van der Waals surface area contributed by atoms with Crippen LogP contribution in [0.25, 0.3) is 0 Å². The van der Waals surface area contributed by atoms with E-state index in [1.165, 1.54) is 24.3 Å². The van der Waals surface area contributed by atoms with Crippen molar-refractivity contribution in [3.8, 4) is 6.07 Å². The van der Waals surface area contributed by atoms with Crippen LogP contribution in [0.2, 0.25) is 0 Å². The summed E-state index contributed by atoms with van der Waals surface area (Å²) in [7, 11) is -3.87. The van der Waals surface area contributed by atoms with Crippen LogP contribution in [-0.2, 0) is 9.84 Å². The van der Waals surface area contributed by atoms with Crippen LogP contribution in [0, 0.1) is 17.1 Å². The maximum absolute atomic E-state index is 13.4. The second kappa shape index (κ2) is 4.59. The average Bonchev–Trinajstić information content (AvgIpc) is 2.39. The van der Waals surface area contributed by atoms with Crippen LogP contribution >= 0.6 is 0 Å². The van der Waals surface area contributed by atoms with Gasteiger partial charge in [0.2, 0.25) is 9.84 Å². The third-order valence-corrected chi connectivity index (χ3v) is 4.24. The van der Waals surface area contributed by atoms with Gasteiger partial charge in [0.05, 0.1) is 9.79 Å². The van der Waals surface area contributed by atoms with Crippen LogP contribution in [0.1, 0.15) is 5.56 Å². The molecule has 5 heteroatoms. The fraction of sp³-hybridized carbons (Fsp3) is 0. The number of sulfone groups is 1. The molecule has 0 fully saturated rings. The van der Waals surface area contributed by atoms with Gasteiger partial charge < -0.3 is 0 Å². The third-order valence-electron chi connectivity index (χ3n) is 2.43. The molecule has 0 aliphatic carbocycles. The first-order valence-electron chi connectivity index (χ1n) is 5.06. The van der Waals surface area contributed by atoms with Crippen molar-refractivity contribution in [1.82, 2.24) is 0 Å². The van der Waals surface area contributed by atoms with Gasteiger partial charge in [0, 0.05) is 0 Å². The molecule has 0 radical (unpaired) electrons. The maximum Gasteiger partial charge on any atom is 0.208 e. The van der Waals surface area contributed by atoms with Gasteiger partial charge in [0.1, 0.15) is 17.4 Å². The molecular weight excluding hydrogens is 253 g/mol. The minimum atomic E-state index is -3.87. The maximum atomic E-state index is 13.4. The Hall–Kier alpha value is -2.19. The van der Waals surface area contributed by atoms with Gasteiger partial charge in [-0.25, -0.2) is 12.8 Å². The fourth-order valence-corrected chi connectivity index (χ4v) is 3.00. The predicted molar refractivity (Wildman–Crippen MR) is 63.0 cm³/mol. The molecule has 0 bridgehead atoms. The van der Waals surface area contributed by atoms with Gasteiger partial charge in [-0.2, -0.15) is 5.26 Å². The molecule has 0 atom stereocenters. The highest BCUT2D eigenvalue weighted by molar-refractivity contribution is 7.91. The fourth-order valence-electron chi connectivity index (χ4n) is 1.56. The van der Waals surface area contributed by atoms with E-state index in [1.54, 1.807) is 24.3 Å². The summed E-state index contributed by atoms with van der Waals surface area (Å²) in [5.74, 6) is -0.838. The second-order valence-electron chi connectivity index (χ2n) is 3.54. The summed E-state index contributed by atoms with van der Waals surface area (Å²) in [6.45, 7) is 0. The third kappa shape index (κ3) is 1.98. The summed E-state index contributed by atoms with van der Waals surface area (Å²) in [4.78, 5) is -0.275. The van der Waals surface area contributed by atoms with Gasteiger partial charge >= 0.3 is 0 Å². The van der Waals surface area contributed by atoms with Crippen molar-refractivity contribution < 1.29 is 12.8 Å². The lowest BCUT2D eigenvalue weighted by molar-refractivity contribution is 0.589. The predicted octanol–water partition coefficient (Wildman–Crippen LogP) is 2.53. The highest BCUT2D eigenvalue weighted by Gasteiger charge is 2.22. The molecule has 2 aromatic carbocycles. The molecule has 0 N–H and O–H groups in total. The lowest BCUT2D eigenvalue weighted by Crippen LogP contribution is -2.05. The minimum absolute atomic E-state index is 0.0344. The van der Waals surface area contributed by atoms with Crippen LogP contribution in [0.4, 0.5) is 4.39 Å². The molecule has 18 heavy (non-hydrogen) atoms. The Morgan fingerprint density at radius 3 is 2.28 bits per heavy atom. The van der Waals surface area contributed by atoms with E-state index in [4.69, 9.17) is 5.26 Å². The number of rotatable bonds is 2. The molecule has 0 aromatic heterocycles. The van der Waals surface area contributed by atoms with E-state index >= 15 is 0 Å². The summed E-state index contributed by atoms with van der Waals surface area (Å²) in [5.41, 5.74) is -0.457. The van der Waals surface area contributed by atoms with Crippen molar-refractivity contribution in [3.05, 3.63) is 59.9 Å². The molecule has 0 aliphatic heterocycles. The highest BCUT2D eigenvalue weighted by atomic mass is 32.2. The highest BCUT2D eigenvalue weighted by Crippen LogP contribution is 2.24. The molecule has 0 aliphatic rings. The Morgan fingerprint density at radius 2 is 1.67 bits per heavy atom. The van der Waals surface area contributed by atoms with Crippen LogP contribution < -0.4 is 0 Å². The Morgan fingerprint density at radius 1 is 1.00 bits per heavy atom. The van der Waals surface area contributed by atoms with Crippen molar-refractivity contribution in [3.63, 3.8) is 0 Å². The second-order valence-corrected chi connectivity index (χ2v) is 5.46. The molecule has 3 nitrogen and oxygen atoms in total. The molecule has 0 spiro atoms. The number of nitrogens with zero attached hydrogens (tertiary/aromatic N) is 1. The first-order valence-corrected chi connectivity index (χ1v) is 6.54. The lowest BCUT2D eigenvalue weighted by atomic mass is 10.2. The molecule has 2 aromatic rings. The van der Waals surface area contributed by atoms with Gasteiger partial charge in [-0.3, -0.25) is 0 Å². The Bertz CT molecular complexity index is 718. The van der Waals surface area contributed by atoms with Crippen LogP contribution in [0.3, 0.4) is 0 Å². The lowest BCUT2D eigenvalue weighted by Gasteiger charge is -2.06. The van der Waals surface area contributed by atoms with Crippen molar-refractivity contribution in [2.45, 2.75) is 9.79 Å². The van der Waals surface area contributed by atoms with Crippen LogP contribution in [-0.4, -0.2) is 8.42 Å². The van der Waals surface area contributed by atoms with E-state index < -0.39 is 21.2 Å². The first-order chi connectivity index (χ1) is 8.57. The molecule has 0 saturated heterocycles. The summed E-state index contributed by atoms with van der Waals surface area (Å²) in [6, 6.07) is 12.8. The van der Waals surface area contributed by atoms with Gasteiger partial charge in [-0.1, -0.05) is 24.3 Å². The normalized spacial score (nSPS) is 10.9. The van der Waals surface area contributed by atoms with E-state index in [1.807, 2.05) is 0 Å². The number of hydrogen-bond donors (Lipinski definition) is 0. The van der Waals surface area contributed by atoms with Crippen molar-refractivity contribution in [2.75, 3.05) is 0 Å². The van der Waals surface area contributed by atoms with Crippen LogP contribution in [0.5, 0.6) is 0 Å². The molecular formula is C13H8FNO2S. The van der Waals surface area contributed by atoms with Crippen molar-refractivity contribution >= 4 is 9.84 Å². The topological polar surface area (TPSA) is 57.9 Å². The zero-order valence-electron chi connectivity index (χ0n) is 9.17. The monoisotopic (exact) mass is 261 g/mol. The smallest absolute Gasteiger partial charge is 0.208 e. The van der Waals surface area contributed by atoms with Gasteiger partial charge in [-0.05, 0) is 24.3 Å². The van der Waals surface area contributed by atoms with E-state index in [-0.39, 0.29) is 9.79 Å². The van der Waals surface area contributed by atoms with Crippen molar-refractivity contribution in [1.29, 1.82) is 5.26 Å². The van der Waals surface area contributed by atoms with E-state index in [0.717, 1.165) is 6.07 Å². The average molecular weight is 261 g/mol. The van der Waals surface area contributed by atoms with E-state index in [0.29, 0.717) is 0 Å². The standard InChI is InChI=1S/C13H8FNO2S/c14-12-7-4-8-13(11(12)9-15)18(16,17)10-5-2-1-3-6-10/h1-8H. The Labute approximate surface area is 104 Å². The largest absolute Gasteiger partial charge is 0.218 e. The molecule has 90 valence electrons. The zero-order valence-corrected chi connectivity index (χ0v) is 9.99. The summed E-state index contributed by atoms with van der Waals surface area (Å²) >= 11 is 0. The number of halogens is 1. The molecule has 0 heterocycles. The molecule has 0 amide bonds. The number of benzene rings is 2. The van der Waals surface area contributed by atoms with Crippen molar-refractivity contribution in [2.24, 2.45) is 0 Å². The van der Waals surface area contributed by atoms with Gasteiger partial charge in [0.15, 0.2) is 0 Å². The number of hydrogen-bond acceptors (Lipinski definition) is 3. The first kappa shape index (κ1) is 12.3. The quantitative estimate of drug-likeness (QED) is 0.834. The Balaban J connectivity index is 2.71. The summed E-state index contributed by atoms with van der Waals surface area (Å²) in [5, 5.41) is 8.86. The van der Waals surface area contributed by atoms with E-state index in [2.05, 4.69) is 0 Å². The molecule has 0 saturated carbocycles. The number of nitriles is 1. The molecule has 2 rings (SSSR count). The zero-order chi connectivity index (χ0) is 13.2. The van der Waals surface area contributed by atoms with Gasteiger partial charge in [-0.15, -0.1) is 0 Å². The SMILES string of the molecule is N#Cc1c(F)cccc1S(=O)(=O)c1ccccc1. The molecule has 0 unspecified atom stereocenters. The van der Waals surface area contributed by atoms with E-state index in [9.17, 15) is 12.8 Å². The van der Waals surface area contributed by atoms with Crippen LogP contribution in [0.15, 0.2) is 58.3 Å². The summed E-state index contributed by atoms with van der Waals surface area (Å²) < 4.78 is 37.9. The summed E-state index contributed by atoms with van der Waals surface area (Å²) in [6.07, 6.45) is 0. The minimum Gasteiger partial charge on any atom is -0.218 e. The van der Waals surface area contributed by atoms with Gasteiger partial charge in [0.25, 0.3) is 0 Å². The Kier molecular flexibility index (Phi) is 3.13.